The second kappa shape index (κ2) is 6.36. The van der Waals surface area contributed by atoms with Crippen molar-refractivity contribution in [1.82, 2.24) is 5.32 Å². The van der Waals surface area contributed by atoms with Crippen LogP contribution in [0.25, 0.3) is 0 Å². The minimum absolute atomic E-state index is 0.00393. The molecule has 1 aliphatic carbocycles. The first kappa shape index (κ1) is 12.8. The van der Waals surface area contributed by atoms with E-state index in [1.54, 1.807) is 0 Å². The Bertz CT molecular complexity index is 244. The minimum Gasteiger partial charge on any atom is -0.376 e. The lowest BCUT2D eigenvalue weighted by molar-refractivity contribution is -0.123. The Labute approximate surface area is 103 Å². The Morgan fingerprint density at radius 2 is 1.82 bits per heavy atom. The Balaban J connectivity index is 1.89. The van der Waals surface area contributed by atoms with E-state index in [4.69, 9.17) is 10.5 Å². The first-order valence-electron chi connectivity index (χ1n) is 6.94. The van der Waals surface area contributed by atoms with Gasteiger partial charge in [-0.3, -0.25) is 4.79 Å². The summed E-state index contributed by atoms with van der Waals surface area (Å²) in [6, 6.07) is 0.153. The van der Waals surface area contributed by atoms with Gasteiger partial charge < -0.3 is 15.8 Å². The third-order valence-electron chi connectivity index (χ3n) is 3.91. The molecule has 4 nitrogen and oxygen atoms in total. The maximum Gasteiger partial charge on any atom is 0.237 e. The largest absolute Gasteiger partial charge is 0.376 e. The van der Waals surface area contributed by atoms with Crippen LogP contribution in [0.2, 0.25) is 0 Å². The number of hydrogen-bond donors (Lipinski definition) is 2. The number of rotatable bonds is 4. The number of amides is 1. The molecule has 0 aromatic rings. The second-order valence-electron chi connectivity index (χ2n) is 5.29. The van der Waals surface area contributed by atoms with Crippen molar-refractivity contribution in [2.75, 3.05) is 6.61 Å². The van der Waals surface area contributed by atoms with Crippen LogP contribution < -0.4 is 11.1 Å². The molecule has 1 amide bonds. The average molecular weight is 240 g/mol. The highest BCUT2D eigenvalue weighted by Crippen LogP contribution is 2.20. The first-order chi connectivity index (χ1) is 8.27. The van der Waals surface area contributed by atoms with Crippen molar-refractivity contribution >= 4 is 5.91 Å². The molecule has 0 aromatic carbocycles. The number of carbonyl (C=O) groups excluding carboxylic acids is 1. The molecule has 1 saturated carbocycles. The van der Waals surface area contributed by atoms with Crippen LogP contribution in [0.15, 0.2) is 0 Å². The van der Waals surface area contributed by atoms with Gasteiger partial charge in [0.2, 0.25) is 5.91 Å². The Kier molecular flexibility index (Phi) is 4.80. The van der Waals surface area contributed by atoms with Crippen LogP contribution in [0.5, 0.6) is 0 Å². The van der Waals surface area contributed by atoms with Crippen LogP contribution in [0.3, 0.4) is 0 Å². The maximum absolute atomic E-state index is 11.5. The van der Waals surface area contributed by atoms with Gasteiger partial charge in [0.25, 0.3) is 0 Å². The van der Waals surface area contributed by atoms with Gasteiger partial charge in [-0.25, -0.2) is 0 Å². The lowest BCUT2D eigenvalue weighted by Gasteiger charge is -2.26. The second-order valence-corrected chi connectivity index (χ2v) is 5.29. The Hall–Kier alpha value is -0.610. The third-order valence-corrected chi connectivity index (χ3v) is 3.91. The molecule has 0 spiro atoms. The van der Waals surface area contributed by atoms with E-state index in [1.807, 2.05) is 0 Å². The van der Waals surface area contributed by atoms with E-state index >= 15 is 0 Å². The topological polar surface area (TPSA) is 64.4 Å². The summed E-state index contributed by atoms with van der Waals surface area (Å²) in [5.74, 6) is -0.263. The van der Waals surface area contributed by atoms with Crippen molar-refractivity contribution in [3.8, 4) is 0 Å². The molecule has 2 unspecified atom stereocenters. The summed E-state index contributed by atoms with van der Waals surface area (Å²) in [6.07, 6.45) is 9.47. The molecule has 0 aromatic heterocycles. The van der Waals surface area contributed by atoms with Crippen molar-refractivity contribution in [3.05, 3.63) is 0 Å². The normalized spacial score (nSPS) is 28.8. The van der Waals surface area contributed by atoms with Gasteiger partial charge in [0.1, 0.15) is 6.04 Å². The molecule has 2 aliphatic rings. The highest BCUT2D eigenvalue weighted by molar-refractivity contribution is 5.80. The fourth-order valence-corrected chi connectivity index (χ4v) is 2.94. The van der Waals surface area contributed by atoms with Crippen LogP contribution in [0.1, 0.15) is 51.4 Å². The van der Waals surface area contributed by atoms with Crippen LogP contribution in [0, 0.1) is 0 Å². The number of nitrogens with one attached hydrogen (secondary N) is 1. The highest BCUT2D eigenvalue weighted by Gasteiger charge is 2.31. The number of hydrogen-bond acceptors (Lipinski definition) is 3. The molecule has 98 valence electrons. The fourth-order valence-electron chi connectivity index (χ4n) is 2.94. The van der Waals surface area contributed by atoms with Gasteiger partial charge in [0.15, 0.2) is 0 Å². The molecule has 1 aliphatic heterocycles. The van der Waals surface area contributed by atoms with E-state index < -0.39 is 0 Å². The zero-order valence-electron chi connectivity index (χ0n) is 10.5. The summed E-state index contributed by atoms with van der Waals surface area (Å²) in [4.78, 5) is 11.5. The number of primary amides is 1. The number of ether oxygens (including phenoxy) is 1. The summed E-state index contributed by atoms with van der Waals surface area (Å²) < 4.78 is 5.59. The molecule has 1 saturated heterocycles. The summed E-state index contributed by atoms with van der Waals surface area (Å²) >= 11 is 0. The smallest absolute Gasteiger partial charge is 0.237 e. The van der Waals surface area contributed by atoms with Crippen molar-refractivity contribution in [2.45, 2.75) is 69.6 Å². The number of carbonyl (C=O) groups is 1. The molecule has 1 heterocycles. The monoisotopic (exact) mass is 240 g/mol. The lowest BCUT2D eigenvalue weighted by Crippen LogP contribution is -2.52. The van der Waals surface area contributed by atoms with Gasteiger partial charge in [-0.1, -0.05) is 25.7 Å². The van der Waals surface area contributed by atoms with E-state index in [1.165, 1.54) is 25.7 Å². The SMILES string of the molecule is NC(=O)C(NC1CCCCCC1)C1CCCO1. The summed E-state index contributed by atoms with van der Waals surface area (Å²) in [7, 11) is 0. The lowest BCUT2D eigenvalue weighted by atomic mass is 10.0. The summed E-state index contributed by atoms with van der Waals surface area (Å²) in [6.45, 7) is 0.765. The predicted octanol–water partition coefficient (Wildman–Crippen LogP) is 1.33. The van der Waals surface area contributed by atoms with Gasteiger partial charge in [-0.05, 0) is 25.7 Å². The van der Waals surface area contributed by atoms with Crippen LogP contribution in [-0.2, 0) is 9.53 Å². The van der Waals surface area contributed by atoms with Crippen molar-refractivity contribution in [3.63, 3.8) is 0 Å². The van der Waals surface area contributed by atoms with Crippen LogP contribution >= 0.6 is 0 Å². The fraction of sp³-hybridized carbons (Fsp3) is 0.923. The molecule has 17 heavy (non-hydrogen) atoms. The van der Waals surface area contributed by atoms with Gasteiger partial charge >= 0.3 is 0 Å². The molecule has 2 rings (SSSR count). The van der Waals surface area contributed by atoms with Crippen molar-refractivity contribution in [2.24, 2.45) is 5.73 Å². The zero-order chi connectivity index (χ0) is 12.1. The minimum atomic E-state index is -0.291. The summed E-state index contributed by atoms with van der Waals surface area (Å²) in [5.41, 5.74) is 5.49. The predicted molar refractivity (Wildman–Crippen MR) is 66.6 cm³/mol. The quantitative estimate of drug-likeness (QED) is 0.729. The van der Waals surface area contributed by atoms with Gasteiger partial charge in [0, 0.05) is 12.6 Å². The van der Waals surface area contributed by atoms with Gasteiger partial charge in [0.05, 0.1) is 6.10 Å². The molecule has 2 atom stereocenters. The van der Waals surface area contributed by atoms with E-state index in [9.17, 15) is 4.79 Å². The Morgan fingerprint density at radius 1 is 1.12 bits per heavy atom. The molecule has 0 radical (unpaired) electrons. The van der Waals surface area contributed by atoms with E-state index in [2.05, 4.69) is 5.32 Å². The summed E-state index contributed by atoms with van der Waals surface area (Å²) in [5, 5.41) is 3.44. The number of nitrogens with two attached hydrogens (primary N) is 1. The molecule has 0 bridgehead atoms. The third kappa shape index (κ3) is 3.68. The van der Waals surface area contributed by atoms with Crippen LogP contribution in [-0.4, -0.2) is 30.7 Å². The molecule has 4 heteroatoms. The molecular weight excluding hydrogens is 216 g/mol. The molecule has 2 fully saturated rings. The molecule has 3 N–H and O–H groups in total. The van der Waals surface area contributed by atoms with Gasteiger partial charge in [-0.2, -0.15) is 0 Å². The van der Waals surface area contributed by atoms with Crippen molar-refractivity contribution in [1.29, 1.82) is 0 Å². The average Bonchev–Trinajstić information content (AvgIpc) is 2.70. The maximum atomic E-state index is 11.5. The van der Waals surface area contributed by atoms with Gasteiger partial charge in [-0.15, -0.1) is 0 Å². The Morgan fingerprint density at radius 3 is 2.35 bits per heavy atom. The first-order valence-corrected chi connectivity index (χ1v) is 6.94. The standard InChI is InChI=1S/C13H24N2O2/c14-13(16)12(11-8-5-9-17-11)15-10-6-3-1-2-4-7-10/h10-12,15H,1-9H2,(H2,14,16). The van der Waals surface area contributed by atoms with E-state index in [0.29, 0.717) is 6.04 Å². The van der Waals surface area contributed by atoms with E-state index in [0.717, 1.165) is 32.3 Å². The van der Waals surface area contributed by atoms with Crippen LogP contribution in [0.4, 0.5) is 0 Å². The molecular formula is C13H24N2O2. The van der Waals surface area contributed by atoms with Crippen molar-refractivity contribution < 1.29 is 9.53 Å². The highest BCUT2D eigenvalue weighted by atomic mass is 16.5. The zero-order valence-corrected chi connectivity index (χ0v) is 10.5. The van der Waals surface area contributed by atoms with E-state index in [-0.39, 0.29) is 18.1 Å².